The number of fused-ring (bicyclic) bond motifs is 1. The van der Waals surface area contributed by atoms with E-state index < -0.39 is 6.09 Å². The highest BCUT2D eigenvalue weighted by atomic mass is 16.5. The number of nitrogens with one attached hydrogen (secondary N) is 1. The van der Waals surface area contributed by atoms with Gasteiger partial charge in [-0.3, -0.25) is 14.2 Å². The lowest BCUT2D eigenvalue weighted by molar-refractivity contribution is -0.141. The number of rotatable bonds is 10. The van der Waals surface area contributed by atoms with Crippen LogP contribution in [0.25, 0.3) is 10.9 Å². The molecule has 0 aliphatic carbocycles. The maximum Gasteiger partial charge on any atom is 0.418 e. The molecule has 0 aliphatic rings. The molecule has 0 saturated carbocycles. The van der Waals surface area contributed by atoms with Gasteiger partial charge < -0.3 is 14.8 Å². The Morgan fingerprint density at radius 2 is 1.76 bits per heavy atom. The highest BCUT2D eigenvalue weighted by Gasteiger charge is 2.17. The van der Waals surface area contributed by atoms with Crippen molar-refractivity contribution in [2.75, 3.05) is 13.7 Å². The minimum Gasteiger partial charge on any atom is -0.469 e. The van der Waals surface area contributed by atoms with Gasteiger partial charge in [0.1, 0.15) is 6.61 Å². The summed E-state index contributed by atoms with van der Waals surface area (Å²) in [5.74, 6) is -0.695. The molecule has 1 N–H and O–H groups in total. The lowest BCUT2D eigenvalue weighted by Gasteiger charge is -2.11. The Kier molecular flexibility index (Phi) is 9.03. The number of nitrogens with zero attached hydrogens (tertiary/aromatic N) is 1. The second-order valence-electron chi connectivity index (χ2n) is 7.95. The molecule has 0 bridgehead atoms. The Morgan fingerprint density at radius 1 is 1.03 bits per heavy atom. The fraction of sp³-hybridized carbons (Fsp3) is 0.296. The van der Waals surface area contributed by atoms with Crippen molar-refractivity contribution >= 4 is 28.9 Å². The number of hydrogen-bond acceptors (Lipinski definition) is 5. The monoisotopic (exact) mass is 462 g/mol. The molecule has 0 spiro atoms. The Balaban J connectivity index is 1.61. The largest absolute Gasteiger partial charge is 0.469 e. The number of amides is 1. The van der Waals surface area contributed by atoms with Gasteiger partial charge in [-0.2, -0.15) is 0 Å². The van der Waals surface area contributed by atoms with Gasteiger partial charge in [-0.15, -0.1) is 0 Å². The predicted molar refractivity (Wildman–Crippen MR) is 130 cm³/mol. The number of methoxy groups -OCH3 is 1. The molecule has 34 heavy (non-hydrogen) atoms. The molecule has 1 unspecified atom stereocenters. The van der Waals surface area contributed by atoms with Crippen LogP contribution in [0.2, 0.25) is 0 Å². The first-order valence-corrected chi connectivity index (χ1v) is 11.3. The van der Waals surface area contributed by atoms with Crippen LogP contribution in [-0.2, 0) is 32.1 Å². The van der Waals surface area contributed by atoms with Crippen molar-refractivity contribution in [2.24, 2.45) is 5.92 Å². The third kappa shape index (κ3) is 6.81. The van der Waals surface area contributed by atoms with E-state index in [1.165, 1.54) is 11.7 Å². The Morgan fingerprint density at radius 3 is 2.50 bits per heavy atom. The fourth-order valence-electron chi connectivity index (χ4n) is 3.81. The molecule has 7 heteroatoms. The zero-order valence-electron chi connectivity index (χ0n) is 19.5. The maximum absolute atomic E-state index is 12.7. The first-order chi connectivity index (χ1) is 16.5. The molecule has 3 aromatic rings. The molecule has 0 saturated heterocycles. The van der Waals surface area contributed by atoms with E-state index in [1.54, 1.807) is 6.20 Å². The molecule has 1 heterocycles. The average molecular weight is 463 g/mol. The number of carbonyl (C=O) groups excluding carboxylic acids is 3. The van der Waals surface area contributed by atoms with E-state index in [0.717, 1.165) is 22.0 Å². The van der Waals surface area contributed by atoms with Gasteiger partial charge in [-0.1, -0.05) is 60.7 Å². The number of allylic oxidation sites excluding steroid dienone is 2. The number of aromatic nitrogens is 1. The minimum absolute atomic E-state index is 0.141. The lowest BCUT2D eigenvalue weighted by Crippen LogP contribution is -2.28. The summed E-state index contributed by atoms with van der Waals surface area (Å²) in [6.45, 7) is 2.45. The first-order valence-electron chi connectivity index (χ1n) is 11.3. The third-order valence-electron chi connectivity index (χ3n) is 5.48. The zero-order valence-corrected chi connectivity index (χ0v) is 19.5. The van der Waals surface area contributed by atoms with Crippen molar-refractivity contribution < 1.29 is 23.9 Å². The quantitative estimate of drug-likeness (QED) is 0.351. The maximum atomic E-state index is 12.7. The summed E-state index contributed by atoms with van der Waals surface area (Å²) >= 11 is 0. The van der Waals surface area contributed by atoms with Crippen LogP contribution in [0.5, 0.6) is 0 Å². The summed E-state index contributed by atoms with van der Waals surface area (Å²) in [4.78, 5) is 36.7. The summed E-state index contributed by atoms with van der Waals surface area (Å²) in [6, 6.07) is 17.1. The highest BCUT2D eigenvalue weighted by molar-refractivity contribution is 5.92. The smallest absolute Gasteiger partial charge is 0.418 e. The molecule has 7 nitrogen and oxygen atoms in total. The number of ether oxygens (including phenoxy) is 2. The molecule has 2 aromatic carbocycles. The summed E-state index contributed by atoms with van der Waals surface area (Å²) in [6.07, 6.45) is 5.89. The number of para-hydroxylation sites is 1. The van der Waals surface area contributed by atoms with E-state index in [0.29, 0.717) is 13.0 Å². The second-order valence-corrected chi connectivity index (χ2v) is 7.95. The standard InChI is InChI=1S/C27H30N2O5/c1-3-9-21(17-26(31)33-2)16-25(30)28-15-14-22-18-29(24-13-8-7-12-23(22)24)27(32)34-19-20-10-5-4-6-11-20/h3-13,18,21H,14-17,19H2,1-2H3,(H,28,30)/b9-3+. The van der Waals surface area contributed by atoms with Crippen LogP contribution >= 0.6 is 0 Å². The van der Waals surface area contributed by atoms with Gasteiger partial charge in [0, 0.05) is 24.5 Å². The van der Waals surface area contributed by atoms with E-state index in [1.807, 2.05) is 73.7 Å². The van der Waals surface area contributed by atoms with Crippen molar-refractivity contribution in [1.82, 2.24) is 9.88 Å². The van der Waals surface area contributed by atoms with Gasteiger partial charge in [0.05, 0.1) is 19.0 Å². The van der Waals surface area contributed by atoms with Crippen LogP contribution in [0.15, 0.2) is 72.9 Å². The van der Waals surface area contributed by atoms with E-state index in [-0.39, 0.29) is 37.2 Å². The predicted octanol–water partition coefficient (Wildman–Crippen LogP) is 4.63. The fourth-order valence-corrected chi connectivity index (χ4v) is 3.81. The topological polar surface area (TPSA) is 86.6 Å². The van der Waals surface area contributed by atoms with Gasteiger partial charge >= 0.3 is 12.1 Å². The van der Waals surface area contributed by atoms with Gasteiger partial charge in [-0.05, 0) is 36.5 Å². The first kappa shape index (κ1) is 24.8. The highest BCUT2D eigenvalue weighted by Crippen LogP contribution is 2.22. The van der Waals surface area contributed by atoms with Gasteiger partial charge in [0.15, 0.2) is 0 Å². The molecular weight excluding hydrogens is 432 g/mol. The summed E-state index contributed by atoms with van der Waals surface area (Å²) in [7, 11) is 1.34. The molecule has 1 amide bonds. The van der Waals surface area contributed by atoms with Crippen molar-refractivity contribution in [2.45, 2.75) is 32.8 Å². The van der Waals surface area contributed by atoms with Gasteiger partial charge in [-0.25, -0.2) is 4.79 Å². The van der Waals surface area contributed by atoms with E-state index in [2.05, 4.69) is 5.32 Å². The Labute approximate surface area is 199 Å². The molecule has 3 rings (SSSR count). The van der Waals surface area contributed by atoms with Crippen LogP contribution in [0.1, 0.15) is 30.9 Å². The van der Waals surface area contributed by atoms with Gasteiger partial charge in [0.25, 0.3) is 0 Å². The number of hydrogen-bond donors (Lipinski definition) is 1. The molecule has 0 fully saturated rings. The molecule has 178 valence electrons. The van der Waals surface area contributed by atoms with Crippen molar-refractivity contribution in [1.29, 1.82) is 0 Å². The van der Waals surface area contributed by atoms with Crippen molar-refractivity contribution in [3.8, 4) is 0 Å². The zero-order chi connectivity index (χ0) is 24.3. The Hall–Kier alpha value is -3.87. The molecule has 1 atom stereocenters. The summed E-state index contributed by atoms with van der Waals surface area (Å²) < 4.78 is 11.7. The van der Waals surface area contributed by atoms with Gasteiger partial charge in [0.2, 0.25) is 5.91 Å². The Bertz CT molecular complexity index is 1150. The number of benzene rings is 2. The SMILES string of the molecule is C/C=C/C(CC(=O)NCCc1cn(C(=O)OCc2ccccc2)c2ccccc12)CC(=O)OC. The minimum atomic E-state index is -0.452. The van der Waals surface area contributed by atoms with Crippen LogP contribution < -0.4 is 5.32 Å². The van der Waals surface area contributed by atoms with E-state index in [4.69, 9.17) is 9.47 Å². The normalized spacial score (nSPS) is 11.9. The third-order valence-corrected chi connectivity index (χ3v) is 5.48. The number of esters is 1. The number of carbonyl (C=O) groups is 3. The summed E-state index contributed by atoms with van der Waals surface area (Å²) in [5, 5.41) is 3.85. The molecule has 0 aliphatic heterocycles. The van der Waals surface area contributed by atoms with E-state index in [9.17, 15) is 14.4 Å². The average Bonchev–Trinajstić information content (AvgIpc) is 3.22. The van der Waals surface area contributed by atoms with Crippen LogP contribution in [-0.4, -0.2) is 36.2 Å². The molecule has 0 radical (unpaired) electrons. The van der Waals surface area contributed by atoms with Crippen LogP contribution in [0.4, 0.5) is 4.79 Å². The summed E-state index contributed by atoms with van der Waals surface area (Å²) in [5.41, 5.74) is 2.61. The lowest BCUT2D eigenvalue weighted by atomic mass is 10.0. The van der Waals surface area contributed by atoms with Crippen LogP contribution in [0.3, 0.4) is 0 Å². The molecular formula is C27H30N2O5. The van der Waals surface area contributed by atoms with Crippen molar-refractivity contribution in [3.05, 3.63) is 84.1 Å². The molecule has 1 aromatic heterocycles. The van der Waals surface area contributed by atoms with E-state index >= 15 is 0 Å². The second kappa shape index (κ2) is 12.4. The van der Waals surface area contributed by atoms with Crippen LogP contribution in [0, 0.1) is 5.92 Å². The van der Waals surface area contributed by atoms with Crippen molar-refractivity contribution in [3.63, 3.8) is 0 Å².